The lowest BCUT2D eigenvalue weighted by atomic mass is 9.98. The number of hydrogen-bond acceptors (Lipinski definition) is 3. The highest BCUT2D eigenvalue weighted by molar-refractivity contribution is 5.77. The topological polar surface area (TPSA) is 75.6 Å². The Hall–Kier alpha value is -2.82. The first kappa shape index (κ1) is 19.5. The molecule has 0 spiro atoms. The number of carboxylic acid groups (broad SMARTS) is 1. The third-order valence-corrected chi connectivity index (χ3v) is 4.32. The number of ether oxygens (including phenoxy) is 1. The number of carboxylic acids is 1. The lowest BCUT2D eigenvalue weighted by Crippen LogP contribution is -2.34. The molecule has 0 aliphatic heterocycles. The van der Waals surface area contributed by atoms with Gasteiger partial charge in [-0.25, -0.2) is 0 Å². The molecule has 0 aromatic heterocycles. The number of methoxy groups -OCH3 is 1. The summed E-state index contributed by atoms with van der Waals surface area (Å²) in [6.07, 6.45) is 1.28. The first-order valence-electron chi connectivity index (χ1n) is 8.66. The number of carbonyl (C=O) groups is 2. The number of aryl methyl sites for hydroxylation is 2. The number of benzene rings is 2. The monoisotopic (exact) mass is 355 g/mol. The minimum Gasteiger partial charge on any atom is -0.496 e. The number of rotatable bonds is 9. The molecule has 2 N–H and O–H groups in total. The Labute approximate surface area is 154 Å². The summed E-state index contributed by atoms with van der Waals surface area (Å²) < 4.78 is 5.27. The maximum atomic E-state index is 12.1. The molecular weight excluding hydrogens is 330 g/mol. The van der Waals surface area contributed by atoms with Crippen LogP contribution in [0.3, 0.4) is 0 Å². The van der Waals surface area contributed by atoms with Crippen molar-refractivity contribution in [2.24, 2.45) is 5.92 Å². The van der Waals surface area contributed by atoms with E-state index in [0.29, 0.717) is 25.0 Å². The van der Waals surface area contributed by atoms with E-state index in [9.17, 15) is 14.7 Å². The van der Waals surface area contributed by atoms with E-state index >= 15 is 0 Å². The van der Waals surface area contributed by atoms with Gasteiger partial charge in [-0.15, -0.1) is 0 Å². The van der Waals surface area contributed by atoms with E-state index in [-0.39, 0.29) is 12.5 Å². The van der Waals surface area contributed by atoms with Crippen molar-refractivity contribution in [3.05, 3.63) is 65.2 Å². The predicted molar refractivity (Wildman–Crippen MR) is 100 cm³/mol. The second-order valence-electron chi connectivity index (χ2n) is 6.34. The van der Waals surface area contributed by atoms with E-state index in [0.717, 1.165) is 11.1 Å². The van der Waals surface area contributed by atoms with Crippen LogP contribution in [0.5, 0.6) is 5.75 Å². The Morgan fingerprint density at radius 2 is 1.81 bits per heavy atom. The van der Waals surface area contributed by atoms with Gasteiger partial charge in [0, 0.05) is 13.0 Å². The molecule has 2 aromatic carbocycles. The standard InChI is InChI=1S/C21H25NO4/c1-15-7-9-16(10-8-15)11-12-20(23)22-14-18(21(24)25)13-17-5-3-4-6-19(17)26-2/h3-10,18H,11-14H2,1-2H3,(H,22,23)(H,24,25). The number of aliphatic carboxylic acids is 1. The number of nitrogens with one attached hydrogen (secondary N) is 1. The van der Waals surface area contributed by atoms with Crippen LogP contribution in [0, 0.1) is 12.8 Å². The first-order chi connectivity index (χ1) is 12.5. The quantitative estimate of drug-likeness (QED) is 0.725. The van der Waals surface area contributed by atoms with E-state index < -0.39 is 11.9 Å². The van der Waals surface area contributed by atoms with Crippen molar-refractivity contribution in [2.45, 2.75) is 26.2 Å². The summed E-state index contributed by atoms with van der Waals surface area (Å²) >= 11 is 0. The van der Waals surface area contributed by atoms with Crippen LogP contribution in [-0.2, 0) is 22.4 Å². The number of hydrogen-bond donors (Lipinski definition) is 2. The van der Waals surface area contributed by atoms with Crippen molar-refractivity contribution < 1.29 is 19.4 Å². The molecule has 5 nitrogen and oxygen atoms in total. The SMILES string of the molecule is COc1ccccc1CC(CNC(=O)CCc1ccc(C)cc1)C(=O)O. The van der Waals surface area contributed by atoms with Crippen molar-refractivity contribution in [3.63, 3.8) is 0 Å². The van der Waals surface area contributed by atoms with Gasteiger partial charge in [0.1, 0.15) is 5.75 Å². The fourth-order valence-electron chi connectivity index (χ4n) is 2.72. The summed E-state index contributed by atoms with van der Waals surface area (Å²) in [6.45, 7) is 2.12. The fourth-order valence-corrected chi connectivity index (χ4v) is 2.72. The third-order valence-electron chi connectivity index (χ3n) is 4.32. The smallest absolute Gasteiger partial charge is 0.308 e. The lowest BCUT2D eigenvalue weighted by Gasteiger charge is -2.15. The van der Waals surface area contributed by atoms with Crippen molar-refractivity contribution in [1.82, 2.24) is 5.32 Å². The number of amides is 1. The van der Waals surface area contributed by atoms with Gasteiger partial charge in [0.05, 0.1) is 13.0 Å². The normalized spacial score (nSPS) is 11.6. The third kappa shape index (κ3) is 5.92. The van der Waals surface area contributed by atoms with Gasteiger partial charge in [-0.05, 0) is 37.0 Å². The molecule has 0 saturated heterocycles. The van der Waals surface area contributed by atoms with Crippen LogP contribution in [0.2, 0.25) is 0 Å². The molecule has 0 saturated carbocycles. The van der Waals surface area contributed by atoms with Crippen LogP contribution in [0.15, 0.2) is 48.5 Å². The molecule has 1 amide bonds. The Bertz CT molecular complexity index is 740. The molecule has 2 aromatic rings. The molecule has 0 bridgehead atoms. The van der Waals surface area contributed by atoms with Crippen LogP contribution in [0.1, 0.15) is 23.1 Å². The van der Waals surface area contributed by atoms with E-state index in [2.05, 4.69) is 5.32 Å². The molecule has 0 aliphatic carbocycles. The van der Waals surface area contributed by atoms with Gasteiger partial charge in [-0.1, -0.05) is 48.0 Å². The molecule has 5 heteroatoms. The van der Waals surface area contributed by atoms with Crippen molar-refractivity contribution in [3.8, 4) is 5.75 Å². The molecule has 26 heavy (non-hydrogen) atoms. The summed E-state index contributed by atoms with van der Waals surface area (Å²) in [5.41, 5.74) is 3.09. The molecule has 0 fully saturated rings. The van der Waals surface area contributed by atoms with Gasteiger partial charge in [-0.2, -0.15) is 0 Å². The second-order valence-corrected chi connectivity index (χ2v) is 6.34. The van der Waals surface area contributed by atoms with Gasteiger partial charge in [0.2, 0.25) is 5.91 Å². The highest BCUT2D eigenvalue weighted by Gasteiger charge is 2.20. The molecule has 2 rings (SSSR count). The second kappa shape index (κ2) is 9.61. The summed E-state index contributed by atoms with van der Waals surface area (Å²) in [5.74, 6) is -1.12. The zero-order valence-electron chi connectivity index (χ0n) is 15.2. The molecule has 0 radical (unpaired) electrons. The highest BCUT2D eigenvalue weighted by atomic mass is 16.5. The van der Waals surface area contributed by atoms with Gasteiger partial charge in [0.15, 0.2) is 0 Å². The minimum absolute atomic E-state index is 0.0973. The predicted octanol–water partition coefficient (Wildman–Crippen LogP) is 3.00. The molecular formula is C21H25NO4. The largest absolute Gasteiger partial charge is 0.496 e. The lowest BCUT2D eigenvalue weighted by molar-refractivity contribution is -0.141. The Balaban J connectivity index is 1.86. The van der Waals surface area contributed by atoms with Crippen LogP contribution >= 0.6 is 0 Å². The van der Waals surface area contributed by atoms with E-state index in [1.165, 1.54) is 5.56 Å². The zero-order chi connectivity index (χ0) is 18.9. The first-order valence-corrected chi connectivity index (χ1v) is 8.66. The van der Waals surface area contributed by atoms with Crippen LogP contribution in [0.25, 0.3) is 0 Å². The fraction of sp³-hybridized carbons (Fsp3) is 0.333. The summed E-state index contributed by atoms with van der Waals surface area (Å²) in [6, 6.07) is 15.4. The van der Waals surface area contributed by atoms with Crippen LogP contribution in [0.4, 0.5) is 0 Å². The summed E-state index contributed by atoms with van der Waals surface area (Å²) in [4.78, 5) is 23.6. The van der Waals surface area contributed by atoms with Gasteiger partial charge in [0.25, 0.3) is 0 Å². The summed E-state index contributed by atoms with van der Waals surface area (Å²) in [7, 11) is 1.56. The molecule has 0 heterocycles. The average Bonchev–Trinajstić information content (AvgIpc) is 2.64. The molecule has 1 unspecified atom stereocenters. The van der Waals surface area contributed by atoms with Gasteiger partial charge < -0.3 is 15.2 Å². The Morgan fingerprint density at radius 3 is 2.46 bits per heavy atom. The van der Waals surface area contributed by atoms with E-state index in [1.807, 2.05) is 49.4 Å². The average molecular weight is 355 g/mol. The van der Waals surface area contributed by atoms with E-state index in [1.54, 1.807) is 13.2 Å². The van der Waals surface area contributed by atoms with Crippen molar-refractivity contribution >= 4 is 11.9 Å². The van der Waals surface area contributed by atoms with Crippen molar-refractivity contribution in [1.29, 1.82) is 0 Å². The van der Waals surface area contributed by atoms with Crippen LogP contribution in [-0.4, -0.2) is 30.6 Å². The maximum absolute atomic E-state index is 12.1. The highest BCUT2D eigenvalue weighted by Crippen LogP contribution is 2.21. The van der Waals surface area contributed by atoms with Crippen molar-refractivity contribution in [2.75, 3.05) is 13.7 Å². The minimum atomic E-state index is -0.935. The summed E-state index contributed by atoms with van der Waals surface area (Å²) in [5, 5.41) is 12.2. The number of carbonyl (C=O) groups excluding carboxylic acids is 1. The van der Waals surface area contributed by atoms with Gasteiger partial charge in [-0.3, -0.25) is 9.59 Å². The maximum Gasteiger partial charge on any atom is 0.308 e. The Morgan fingerprint density at radius 1 is 1.12 bits per heavy atom. The molecule has 0 aliphatic rings. The number of para-hydroxylation sites is 1. The molecule has 1 atom stereocenters. The van der Waals surface area contributed by atoms with Gasteiger partial charge >= 0.3 is 5.97 Å². The van der Waals surface area contributed by atoms with Crippen LogP contribution < -0.4 is 10.1 Å². The van der Waals surface area contributed by atoms with E-state index in [4.69, 9.17) is 4.74 Å². The Kier molecular flexibility index (Phi) is 7.21. The zero-order valence-corrected chi connectivity index (χ0v) is 15.2. The molecule has 138 valence electrons.